The molecule has 4 aromatic heterocycles. The van der Waals surface area contributed by atoms with Crippen LogP contribution >= 0.6 is 11.3 Å². The third-order valence-corrected chi connectivity index (χ3v) is 7.97. The minimum Gasteiger partial charge on any atom is -0.383 e. The van der Waals surface area contributed by atoms with Gasteiger partial charge in [-0.15, -0.1) is 11.3 Å². The second-order valence-corrected chi connectivity index (χ2v) is 10.1. The number of aromatic nitrogens is 5. The molecule has 4 N–H and O–H groups in total. The largest absolute Gasteiger partial charge is 0.383 e. The summed E-state index contributed by atoms with van der Waals surface area (Å²) in [5, 5.41) is 9.10. The highest BCUT2D eigenvalue weighted by molar-refractivity contribution is 7.13. The fourth-order valence-corrected chi connectivity index (χ4v) is 5.86. The van der Waals surface area contributed by atoms with Gasteiger partial charge in [0.05, 0.1) is 27.5 Å². The molecule has 34 heavy (non-hydrogen) atoms. The predicted molar refractivity (Wildman–Crippen MR) is 139 cm³/mol. The van der Waals surface area contributed by atoms with Crippen molar-refractivity contribution in [2.45, 2.75) is 38.6 Å². The van der Waals surface area contributed by atoms with Crippen LogP contribution in [-0.4, -0.2) is 31.3 Å². The smallest absolute Gasteiger partial charge is 0.164 e. The highest BCUT2D eigenvalue weighted by Gasteiger charge is 2.26. The van der Waals surface area contributed by atoms with E-state index in [1.165, 1.54) is 11.9 Å². The number of nitrogens with zero attached hydrogens (tertiary/aromatic N) is 5. The fraction of sp³-hybridized carbons (Fsp3) is 0.308. The van der Waals surface area contributed by atoms with Crippen molar-refractivity contribution in [2.75, 3.05) is 12.3 Å². The van der Waals surface area contributed by atoms with Crippen LogP contribution in [0, 0.1) is 12.8 Å². The molecule has 0 saturated heterocycles. The molecular weight excluding hydrogens is 442 g/mol. The Kier molecular flexibility index (Phi) is 5.27. The van der Waals surface area contributed by atoms with Gasteiger partial charge in [0.2, 0.25) is 0 Å². The van der Waals surface area contributed by atoms with Crippen molar-refractivity contribution in [1.29, 1.82) is 0 Å². The first-order valence-electron chi connectivity index (χ1n) is 11.8. The molecule has 1 saturated carbocycles. The Morgan fingerprint density at radius 3 is 2.71 bits per heavy atom. The van der Waals surface area contributed by atoms with Gasteiger partial charge < -0.3 is 11.5 Å². The van der Waals surface area contributed by atoms with Gasteiger partial charge in [0.1, 0.15) is 17.8 Å². The number of thiophene rings is 1. The summed E-state index contributed by atoms with van der Waals surface area (Å²) in [4.78, 5) is 15.0. The topological polar surface area (TPSA) is 109 Å². The molecule has 1 aliphatic rings. The first-order chi connectivity index (χ1) is 16.6. The lowest BCUT2D eigenvalue weighted by atomic mass is 9.86. The van der Waals surface area contributed by atoms with Crippen LogP contribution < -0.4 is 11.5 Å². The Morgan fingerprint density at radius 2 is 1.94 bits per heavy atom. The normalized spacial score (nSPS) is 18.6. The number of hydrogen-bond donors (Lipinski definition) is 2. The molecular formula is C26H27N7S. The Hall–Kier alpha value is -3.36. The Labute approximate surface area is 201 Å². The molecule has 0 amide bonds. The van der Waals surface area contributed by atoms with Gasteiger partial charge in [0, 0.05) is 10.9 Å². The highest BCUT2D eigenvalue weighted by atomic mass is 32.1. The first kappa shape index (κ1) is 21.2. The van der Waals surface area contributed by atoms with Crippen molar-refractivity contribution >= 4 is 39.1 Å². The fourth-order valence-electron chi connectivity index (χ4n) is 5.18. The van der Waals surface area contributed by atoms with E-state index in [1.807, 2.05) is 0 Å². The first-order valence-corrected chi connectivity index (χ1v) is 12.6. The van der Waals surface area contributed by atoms with Gasteiger partial charge in [0.25, 0.3) is 0 Å². The van der Waals surface area contributed by atoms with Gasteiger partial charge in [-0.05, 0) is 74.2 Å². The molecule has 1 fully saturated rings. The monoisotopic (exact) mass is 469 g/mol. The lowest BCUT2D eigenvalue weighted by Crippen LogP contribution is -2.24. The lowest BCUT2D eigenvalue weighted by Gasteiger charge is -2.27. The average Bonchev–Trinajstić information content (AvgIpc) is 3.53. The lowest BCUT2D eigenvalue weighted by molar-refractivity contribution is 0.269. The molecule has 8 heteroatoms. The van der Waals surface area contributed by atoms with Crippen molar-refractivity contribution < 1.29 is 0 Å². The maximum atomic E-state index is 6.37. The van der Waals surface area contributed by atoms with Gasteiger partial charge in [-0.1, -0.05) is 18.2 Å². The number of benzene rings is 1. The second-order valence-electron chi connectivity index (χ2n) is 9.19. The Morgan fingerprint density at radius 1 is 1.09 bits per heavy atom. The van der Waals surface area contributed by atoms with Gasteiger partial charge in [-0.2, -0.15) is 5.10 Å². The number of anilines is 1. The predicted octanol–water partition coefficient (Wildman–Crippen LogP) is 5.35. The molecule has 4 heterocycles. The SMILES string of the molecule is Cc1cc(-c2cccs2)nc2cc(-c3nn(C4CCC(CN)CC4)c4ncnc(N)c34)ccc12. The summed E-state index contributed by atoms with van der Waals surface area (Å²) in [6.07, 6.45) is 5.85. The number of aryl methyl sites for hydroxylation is 1. The zero-order valence-electron chi connectivity index (χ0n) is 19.1. The third-order valence-electron chi connectivity index (χ3n) is 7.08. The van der Waals surface area contributed by atoms with Gasteiger partial charge >= 0.3 is 0 Å². The van der Waals surface area contributed by atoms with E-state index < -0.39 is 0 Å². The maximum Gasteiger partial charge on any atom is 0.164 e. The summed E-state index contributed by atoms with van der Waals surface area (Å²) < 4.78 is 2.07. The van der Waals surface area contributed by atoms with Crippen LogP contribution in [0.3, 0.4) is 0 Å². The molecule has 0 radical (unpaired) electrons. The summed E-state index contributed by atoms with van der Waals surface area (Å²) in [7, 11) is 0. The van der Waals surface area contributed by atoms with Crippen LogP contribution in [0.4, 0.5) is 5.82 Å². The number of pyridine rings is 1. The van der Waals surface area contributed by atoms with Crippen molar-refractivity contribution in [3.63, 3.8) is 0 Å². The van der Waals surface area contributed by atoms with Crippen LogP contribution in [0.2, 0.25) is 0 Å². The molecule has 0 atom stereocenters. The van der Waals surface area contributed by atoms with Gasteiger partial charge in [-0.3, -0.25) is 0 Å². The van der Waals surface area contributed by atoms with E-state index in [0.717, 1.165) is 76.0 Å². The van der Waals surface area contributed by atoms with Crippen molar-refractivity contribution in [2.24, 2.45) is 11.7 Å². The van der Waals surface area contributed by atoms with Crippen LogP contribution in [0.15, 0.2) is 48.1 Å². The Bertz CT molecular complexity index is 1480. The minimum atomic E-state index is 0.291. The number of nitrogen functional groups attached to an aromatic ring is 1. The zero-order valence-corrected chi connectivity index (χ0v) is 19.9. The molecule has 0 spiro atoms. The van der Waals surface area contributed by atoms with Crippen LogP contribution in [-0.2, 0) is 0 Å². The van der Waals surface area contributed by atoms with E-state index in [1.54, 1.807) is 11.3 Å². The quantitative estimate of drug-likeness (QED) is 0.367. The molecule has 0 bridgehead atoms. The summed E-state index contributed by atoms with van der Waals surface area (Å²) in [5.74, 6) is 1.06. The number of hydrogen-bond acceptors (Lipinski definition) is 7. The number of rotatable bonds is 4. The standard InChI is InChI=1S/C26H27N7S/c1-15-11-21(22-3-2-10-34-22)31-20-12-17(6-9-19(15)20)24-23-25(28)29-14-30-26(23)33(32-24)18-7-4-16(13-27)5-8-18/h2-3,6,9-12,14,16,18H,4-5,7-8,13,27H2,1H3,(H2,28,29,30). The molecule has 1 aliphatic carbocycles. The summed E-state index contributed by atoms with van der Waals surface area (Å²) >= 11 is 1.70. The van der Waals surface area contributed by atoms with Gasteiger partial charge in [-0.25, -0.2) is 19.6 Å². The van der Waals surface area contributed by atoms with E-state index in [9.17, 15) is 0 Å². The third kappa shape index (κ3) is 3.54. The Balaban J connectivity index is 1.49. The molecule has 172 valence electrons. The van der Waals surface area contributed by atoms with E-state index in [0.29, 0.717) is 17.8 Å². The van der Waals surface area contributed by atoms with E-state index >= 15 is 0 Å². The summed E-state index contributed by atoms with van der Waals surface area (Å²) in [6, 6.07) is 13.0. The number of fused-ring (bicyclic) bond motifs is 2. The van der Waals surface area contributed by atoms with E-state index in [2.05, 4.69) is 63.4 Å². The highest BCUT2D eigenvalue weighted by Crippen LogP contribution is 2.38. The molecule has 0 aliphatic heterocycles. The summed E-state index contributed by atoms with van der Waals surface area (Å²) in [5.41, 5.74) is 18.0. The van der Waals surface area contributed by atoms with Crippen molar-refractivity contribution in [1.82, 2.24) is 24.7 Å². The minimum absolute atomic E-state index is 0.291. The summed E-state index contributed by atoms with van der Waals surface area (Å²) in [6.45, 7) is 2.89. The van der Waals surface area contributed by atoms with Crippen LogP contribution in [0.5, 0.6) is 0 Å². The molecule has 0 unspecified atom stereocenters. The van der Waals surface area contributed by atoms with Crippen molar-refractivity contribution in [3.05, 3.63) is 53.7 Å². The number of nitrogens with two attached hydrogens (primary N) is 2. The van der Waals surface area contributed by atoms with Crippen LogP contribution in [0.1, 0.15) is 37.3 Å². The average molecular weight is 470 g/mol. The molecule has 6 rings (SSSR count). The zero-order chi connectivity index (χ0) is 23.2. The van der Waals surface area contributed by atoms with Crippen LogP contribution in [0.25, 0.3) is 43.8 Å². The second kappa shape index (κ2) is 8.45. The molecule has 1 aromatic carbocycles. The van der Waals surface area contributed by atoms with Gasteiger partial charge in [0.15, 0.2) is 5.65 Å². The van der Waals surface area contributed by atoms with E-state index in [-0.39, 0.29) is 0 Å². The molecule has 5 aromatic rings. The van der Waals surface area contributed by atoms with E-state index in [4.69, 9.17) is 21.5 Å². The van der Waals surface area contributed by atoms with Crippen molar-refractivity contribution in [3.8, 4) is 21.8 Å². The molecule has 7 nitrogen and oxygen atoms in total. The maximum absolute atomic E-state index is 6.37.